The van der Waals surface area contributed by atoms with E-state index in [1.807, 2.05) is 33.8 Å². The summed E-state index contributed by atoms with van der Waals surface area (Å²) in [5, 5.41) is 0. The van der Waals surface area contributed by atoms with Gasteiger partial charge >= 0.3 is 0 Å². The van der Waals surface area contributed by atoms with E-state index in [1.54, 1.807) is 0 Å². The van der Waals surface area contributed by atoms with Crippen molar-refractivity contribution >= 4 is 11.1 Å². The lowest BCUT2D eigenvalue weighted by Crippen LogP contribution is -2.28. The molecule has 0 aliphatic heterocycles. The molecule has 0 saturated carbocycles. The zero-order valence-corrected chi connectivity index (χ0v) is 9.59. The molecule has 80 valence electrons. The minimum Gasteiger partial charge on any atom is -0.438 e. The number of hydrogen-bond acceptors (Lipinski definition) is 3. The SMILES string of the molecule is Cc1cc(C)c2oc(C(C)(C)N)nc2c1. The van der Waals surface area contributed by atoms with E-state index in [0.717, 1.165) is 16.7 Å². The summed E-state index contributed by atoms with van der Waals surface area (Å²) in [5.74, 6) is 0.589. The maximum atomic E-state index is 5.95. The van der Waals surface area contributed by atoms with E-state index in [0.29, 0.717) is 5.89 Å². The molecule has 0 atom stereocenters. The van der Waals surface area contributed by atoms with Crippen LogP contribution in [0.1, 0.15) is 30.9 Å². The summed E-state index contributed by atoms with van der Waals surface area (Å²) in [6.45, 7) is 7.85. The van der Waals surface area contributed by atoms with Gasteiger partial charge in [-0.2, -0.15) is 0 Å². The second-order valence-corrected chi connectivity index (χ2v) is 4.67. The summed E-state index contributed by atoms with van der Waals surface area (Å²) in [6, 6.07) is 4.10. The summed E-state index contributed by atoms with van der Waals surface area (Å²) in [5.41, 5.74) is 9.45. The Hall–Kier alpha value is -1.35. The molecule has 2 rings (SSSR count). The maximum absolute atomic E-state index is 5.95. The molecule has 0 aliphatic carbocycles. The Balaban J connectivity index is 2.71. The van der Waals surface area contributed by atoms with Crippen molar-refractivity contribution < 1.29 is 4.42 Å². The molecule has 0 fully saturated rings. The van der Waals surface area contributed by atoms with Crippen LogP contribution in [0.25, 0.3) is 11.1 Å². The van der Waals surface area contributed by atoms with Gasteiger partial charge in [-0.15, -0.1) is 0 Å². The Labute approximate surface area is 89.3 Å². The van der Waals surface area contributed by atoms with Gasteiger partial charge in [-0.3, -0.25) is 0 Å². The van der Waals surface area contributed by atoms with Crippen molar-refractivity contribution in [2.24, 2.45) is 5.73 Å². The molecule has 0 bridgehead atoms. The predicted molar refractivity (Wildman–Crippen MR) is 60.7 cm³/mol. The highest BCUT2D eigenvalue weighted by molar-refractivity contribution is 5.77. The summed E-state index contributed by atoms with van der Waals surface area (Å²) >= 11 is 0. The van der Waals surface area contributed by atoms with Gasteiger partial charge in [-0.25, -0.2) is 4.98 Å². The van der Waals surface area contributed by atoms with Gasteiger partial charge in [0.1, 0.15) is 5.52 Å². The molecule has 0 radical (unpaired) electrons. The Morgan fingerprint density at radius 3 is 2.53 bits per heavy atom. The van der Waals surface area contributed by atoms with Gasteiger partial charge in [0.2, 0.25) is 5.89 Å². The van der Waals surface area contributed by atoms with Crippen molar-refractivity contribution in [1.82, 2.24) is 4.98 Å². The van der Waals surface area contributed by atoms with Gasteiger partial charge in [-0.1, -0.05) is 6.07 Å². The number of benzene rings is 1. The Bertz CT molecular complexity index is 506. The van der Waals surface area contributed by atoms with Gasteiger partial charge in [0, 0.05) is 0 Å². The van der Waals surface area contributed by atoms with E-state index in [-0.39, 0.29) is 0 Å². The van der Waals surface area contributed by atoms with Crippen LogP contribution in [0.4, 0.5) is 0 Å². The van der Waals surface area contributed by atoms with Crippen LogP contribution in [0.3, 0.4) is 0 Å². The normalized spacial score (nSPS) is 12.3. The van der Waals surface area contributed by atoms with Gasteiger partial charge < -0.3 is 10.2 Å². The number of nitrogens with two attached hydrogens (primary N) is 1. The van der Waals surface area contributed by atoms with Crippen LogP contribution >= 0.6 is 0 Å². The van der Waals surface area contributed by atoms with Gasteiger partial charge in [0.25, 0.3) is 0 Å². The molecule has 2 N–H and O–H groups in total. The second kappa shape index (κ2) is 3.07. The number of nitrogens with zero attached hydrogens (tertiary/aromatic N) is 1. The molecule has 3 heteroatoms. The Kier molecular flexibility index (Phi) is 2.08. The minimum absolute atomic E-state index is 0.528. The maximum Gasteiger partial charge on any atom is 0.215 e. The fourth-order valence-corrected chi connectivity index (χ4v) is 1.65. The van der Waals surface area contributed by atoms with Crippen molar-refractivity contribution in [3.63, 3.8) is 0 Å². The van der Waals surface area contributed by atoms with Crippen molar-refractivity contribution in [3.8, 4) is 0 Å². The first kappa shape index (κ1) is 10.2. The van der Waals surface area contributed by atoms with Gasteiger partial charge in [0.05, 0.1) is 5.54 Å². The zero-order chi connectivity index (χ0) is 11.2. The first-order valence-corrected chi connectivity index (χ1v) is 5.05. The Morgan fingerprint density at radius 1 is 1.27 bits per heavy atom. The monoisotopic (exact) mass is 204 g/mol. The number of aromatic nitrogens is 1. The smallest absolute Gasteiger partial charge is 0.215 e. The highest BCUT2D eigenvalue weighted by Gasteiger charge is 2.21. The molecule has 1 aromatic carbocycles. The van der Waals surface area contributed by atoms with E-state index >= 15 is 0 Å². The lowest BCUT2D eigenvalue weighted by molar-refractivity contribution is 0.394. The fourth-order valence-electron chi connectivity index (χ4n) is 1.65. The molecular weight excluding hydrogens is 188 g/mol. The molecule has 1 aromatic heterocycles. The molecule has 0 aliphatic rings. The van der Waals surface area contributed by atoms with Crippen LogP contribution in [0.2, 0.25) is 0 Å². The van der Waals surface area contributed by atoms with Crippen molar-refractivity contribution in [1.29, 1.82) is 0 Å². The second-order valence-electron chi connectivity index (χ2n) is 4.67. The minimum atomic E-state index is -0.528. The molecule has 1 heterocycles. The fraction of sp³-hybridized carbons (Fsp3) is 0.417. The number of rotatable bonds is 1. The lowest BCUT2D eigenvalue weighted by atomic mass is 10.1. The molecule has 2 aromatic rings. The van der Waals surface area contributed by atoms with Crippen molar-refractivity contribution in [2.75, 3.05) is 0 Å². The van der Waals surface area contributed by atoms with Gasteiger partial charge in [-0.05, 0) is 44.9 Å². The predicted octanol–water partition coefficient (Wildman–Crippen LogP) is 2.64. The van der Waals surface area contributed by atoms with Crippen LogP contribution in [-0.2, 0) is 5.54 Å². The van der Waals surface area contributed by atoms with Crippen LogP contribution in [0.15, 0.2) is 16.5 Å². The number of oxazole rings is 1. The first-order chi connectivity index (χ1) is 6.88. The molecule has 0 spiro atoms. The zero-order valence-electron chi connectivity index (χ0n) is 9.59. The highest BCUT2D eigenvalue weighted by atomic mass is 16.4. The number of hydrogen-bond donors (Lipinski definition) is 1. The van der Waals surface area contributed by atoms with E-state index in [2.05, 4.69) is 11.1 Å². The molecule has 3 nitrogen and oxygen atoms in total. The van der Waals surface area contributed by atoms with Crippen LogP contribution in [-0.4, -0.2) is 4.98 Å². The van der Waals surface area contributed by atoms with Crippen molar-refractivity contribution in [2.45, 2.75) is 33.2 Å². The first-order valence-electron chi connectivity index (χ1n) is 5.05. The van der Waals surface area contributed by atoms with Crippen molar-refractivity contribution in [3.05, 3.63) is 29.2 Å². The molecule has 0 amide bonds. The average Bonchev–Trinajstić information content (AvgIpc) is 2.46. The highest BCUT2D eigenvalue weighted by Crippen LogP contribution is 2.25. The summed E-state index contributed by atoms with van der Waals surface area (Å²) in [4.78, 5) is 4.41. The Morgan fingerprint density at radius 2 is 1.93 bits per heavy atom. The third-order valence-electron chi connectivity index (χ3n) is 2.37. The van der Waals surface area contributed by atoms with Crippen LogP contribution in [0.5, 0.6) is 0 Å². The largest absolute Gasteiger partial charge is 0.438 e. The number of fused-ring (bicyclic) bond motifs is 1. The lowest BCUT2D eigenvalue weighted by Gasteiger charge is -2.12. The van der Waals surface area contributed by atoms with E-state index < -0.39 is 5.54 Å². The third-order valence-corrected chi connectivity index (χ3v) is 2.37. The van der Waals surface area contributed by atoms with E-state index in [4.69, 9.17) is 10.2 Å². The van der Waals surface area contributed by atoms with E-state index in [1.165, 1.54) is 5.56 Å². The molecular formula is C12H16N2O. The quantitative estimate of drug-likeness (QED) is 0.776. The van der Waals surface area contributed by atoms with Gasteiger partial charge in [0.15, 0.2) is 5.58 Å². The molecule has 0 unspecified atom stereocenters. The standard InChI is InChI=1S/C12H16N2O/c1-7-5-8(2)10-9(6-7)14-11(15-10)12(3,4)13/h5-6H,13H2,1-4H3. The summed E-state index contributed by atoms with van der Waals surface area (Å²) < 4.78 is 5.68. The average molecular weight is 204 g/mol. The summed E-state index contributed by atoms with van der Waals surface area (Å²) in [6.07, 6.45) is 0. The molecule has 15 heavy (non-hydrogen) atoms. The topological polar surface area (TPSA) is 52.0 Å². The van der Waals surface area contributed by atoms with E-state index in [9.17, 15) is 0 Å². The molecule has 0 saturated heterocycles. The third kappa shape index (κ3) is 1.75. The van der Waals surface area contributed by atoms with Crippen LogP contribution < -0.4 is 5.73 Å². The summed E-state index contributed by atoms with van der Waals surface area (Å²) in [7, 11) is 0. The number of aryl methyl sites for hydroxylation is 2. The van der Waals surface area contributed by atoms with Crippen LogP contribution in [0, 0.1) is 13.8 Å².